The summed E-state index contributed by atoms with van der Waals surface area (Å²) in [5.41, 5.74) is 5.60. The van der Waals surface area contributed by atoms with Gasteiger partial charge in [-0.25, -0.2) is 0 Å². The Balaban J connectivity index is -0.000000187. The highest BCUT2D eigenvalue weighted by Crippen LogP contribution is 1.86. The van der Waals surface area contributed by atoms with Gasteiger partial charge in [0.1, 0.15) is 5.84 Å². The number of methoxy groups -OCH3 is 1. The topological polar surface area (TPSA) is 67.8 Å². The molecule has 0 bridgehead atoms. The van der Waals surface area contributed by atoms with E-state index in [1.54, 1.807) is 25.5 Å². The van der Waals surface area contributed by atoms with Crippen LogP contribution in [0.4, 0.5) is 0 Å². The second-order valence-corrected chi connectivity index (χ2v) is 2.58. The number of allylic oxidation sites excluding steroid dienone is 3. The number of aliphatic hydroxyl groups is 1. The number of rotatable bonds is 6. The largest absolute Gasteiger partial charge is 0.505 e. The van der Waals surface area contributed by atoms with Crippen LogP contribution < -0.4 is 5.73 Å². The molecule has 0 aromatic rings. The maximum atomic E-state index is 7.00. The predicted molar refractivity (Wildman–Crippen MR) is 92.0 cm³/mol. The molecule has 0 amide bonds. The van der Waals surface area contributed by atoms with E-state index < -0.39 is 0 Å². The fourth-order valence-electron chi connectivity index (χ4n) is 0.754. The zero-order valence-corrected chi connectivity index (χ0v) is 14.3. The summed E-state index contributed by atoms with van der Waals surface area (Å²) in [4.78, 5) is 4.08. The summed E-state index contributed by atoms with van der Waals surface area (Å²) in [6.07, 6.45) is 12.1. The molecule has 120 valence electrons. The molecule has 0 atom stereocenters. The molecular weight excluding hydrogens is 252 g/mol. The van der Waals surface area contributed by atoms with Crippen molar-refractivity contribution in [3.63, 3.8) is 0 Å². The fraction of sp³-hybridized carbons (Fsp3) is 0.562. The van der Waals surface area contributed by atoms with Crippen LogP contribution in [-0.2, 0) is 4.74 Å². The monoisotopic (exact) mass is 286 g/mol. The Hall–Kier alpha value is -1.55. The van der Waals surface area contributed by atoms with Gasteiger partial charge in [-0.1, -0.05) is 45.9 Å². The van der Waals surface area contributed by atoms with E-state index in [9.17, 15) is 0 Å². The molecule has 0 saturated heterocycles. The van der Waals surface area contributed by atoms with Crippen molar-refractivity contribution < 1.29 is 9.84 Å². The van der Waals surface area contributed by atoms with Crippen LogP contribution in [0.3, 0.4) is 0 Å². The molecule has 0 aliphatic rings. The van der Waals surface area contributed by atoms with Crippen molar-refractivity contribution in [3.8, 4) is 0 Å². The maximum absolute atomic E-state index is 7.00. The Morgan fingerprint density at radius 2 is 1.65 bits per heavy atom. The quantitative estimate of drug-likeness (QED) is 0.339. The van der Waals surface area contributed by atoms with E-state index in [1.807, 2.05) is 46.8 Å². The number of aliphatic hydroxyl groups excluding tert-OH is 1. The zero-order chi connectivity index (χ0) is 16.6. The minimum atomic E-state index is 0.537. The number of hydrogen-bond donors (Lipinski definition) is 2. The van der Waals surface area contributed by atoms with Crippen molar-refractivity contribution in [1.82, 2.24) is 0 Å². The van der Waals surface area contributed by atoms with Gasteiger partial charge >= 0.3 is 0 Å². The van der Waals surface area contributed by atoms with Gasteiger partial charge in [0, 0.05) is 7.11 Å². The molecule has 4 heteroatoms. The van der Waals surface area contributed by atoms with Crippen LogP contribution in [0.2, 0.25) is 0 Å². The number of nitrogens with zero attached hydrogens (tertiary/aromatic N) is 1. The highest BCUT2D eigenvalue weighted by molar-refractivity contribution is 5.91. The molecule has 0 aliphatic heterocycles. The van der Waals surface area contributed by atoms with Crippen LogP contribution in [0, 0.1) is 0 Å². The van der Waals surface area contributed by atoms with E-state index in [0.29, 0.717) is 12.4 Å². The van der Waals surface area contributed by atoms with Gasteiger partial charge in [0.25, 0.3) is 0 Å². The third-order valence-corrected chi connectivity index (χ3v) is 1.41. The Labute approximate surface area is 125 Å². The lowest BCUT2D eigenvalue weighted by Gasteiger charge is -1.90. The summed E-state index contributed by atoms with van der Waals surface area (Å²) in [7, 11) is 2.60. The summed E-state index contributed by atoms with van der Waals surface area (Å²) in [6, 6.07) is 0. The summed E-state index contributed by atoms with van der Waals surface area (Å²) < 4.78 is 4.72. The van der Waals surface area contributed by atoms with Gasteiger partial charge in [0.15, 0.2) is 0 Å². The van der Waals surface area contributed by atoms with E-state index in [0.717, 1.165) is 13.5 Å². The van der Waals surface area contributed by atoms with Gasteiger partial charge in [-0.2, -0.15) is 0 Å². The van der Waals surface area contributed by atoms with Crippen molar-refractivity contribution >= 4 is 5.84 Å². The number of aliphatic imine (C=N–C) groups is 1. The number of amidine groups is 1. The summed E-state index contributed by atoms with van der Waals surface area (Å²) in [5.74, 6) is 0.537. The Kier molecular flexibility index (Phi) is 48.5. The Morgan fingerprint density at radius 1 is 1.10 bits per heavy atom. The van der Waals surface area contributed by atoms with Gasteiger partial charge in [0.2, 0.25) is 0 Å². The lowest BCUT2D eigenvalue weighted by molar-refractivity contribution is 0.337. The second kappa shape index (κ2) is 36.0. The Morgan fingerprint density at radius 3 is 2.10 bits per heavy atom. The predicted octanol–water partition coefficient (Wildman–Crippen LogP) is 3.69. The fourth-order valence-corrected chi connectivity index (χ4v) is 0.754. The average molecular weight is 286 g/mol. The molecule has 0 saturated carbocycles. The van der Waals surface area contributed by atoms with Crippen molar-refractivity contribution in [3.05, 3.63) is 36.6 Å². The first-order valence-corrected chi connectivity index (χ1v) is 7.01. The summed E-state index contributed by atoms with van der Waals surface area (Å²) >= 11 is 0. The van der Waals surface area contributed by atoms with Crippen LogP contribution in [0.25, 0.3) is 0 Å². The average Bonchev–Trinajstić information content (AvgIpc) is 2.54. The molecular formula is C16H34N2O2. The molecule has 0 radical (unpaired) electrons. The van der Waals surface area contributed by atoms with E-state index in [2.05, 4.69) is 11.1 Å². The van der Waals surface area contributed by atoms with E-state index in [1.165, 1.54) is 0 Å². The van der Waals surface area contributed by atoms with Crippen LogP contribution in [0.1, 0.15) is 41.0 Å². The van der Waals surface area contributed by atoms with Crippen molar-refractivity contribution in [2.45, 2.75) is 41.0 Å². The normalized spacial score (nSPS) is 10.3. The van der Waals surface area contributed by atoms with Gasteiger partial charge < -0.3 is 15.6 Å². The van der Waals surface area contributed by atoms with Crippen LogP contribution in [-0.4, -0.2) is 31.7 Å². The summed E-state index contributed by atoms with van der Waals surface area (Å²) in [6.45, 7) is 10.5. The van der Waals surface area contributed by atoms with Crippen LogP contribution >= 0.6 is 0 Å². The van der Waals surface area contributed by atoms with Crippen LogP contribution in [0.15, 0.2) is 41.6 Å². The molecule has 0 aliphatic carbocycles. The Bertz CT molecular complexity index is 245. The minimum absolute atomic E-state index is 0.537. The molecule has 0 fully saturated rings. The molecule has 20 heavy (non-hydrogen) atoms. The third kappa shape index (κ3) is 36.0. The third-order valence-electron chi connectivity index (χ3n) is 1.41. The number of hydrogen-bond acceptors (Lipinski definition) is 3. The maximum Gasteiger partial charge on any atom is 0.118 e. The van der Waals surface area contributed by atoms with Crippen molar-refractivity contribution in [2.24, 2.45) is 10.7 Å². The molecule has 0 unspecified atom stereocenters. The van der Waals surface area contributed by atoms with Crippen molar-refractivity contribution in [2.75, 3.05) is 20.8 Å². The highest BCUT2D eigenvalue weighted by Gasteiger charge is 1.80. The molecule has 0 heterocycles. The van der Waals surface area contributed by atoms with Gasteiger partial charge in [-0.05, 0) is 25.5 Å². The van der Waals surface area contributed by atoms with Crippen molar-refractivity contribution in [1.29, 1.82) is 0 Å². The first kappa shape index (κ1) is 26.9. The standard InChI is InChI=1S/C11H18N2O.2C2H6.CH4O/c1-3-4-5-6-8-11(12)13-9-7-10-14-2;3*1-2/h3-4,6-8,10H,5,9H2,1-2H3,(H2,12,13);2*1-2H3;2H,1H3/b4-3-,8-6-,10-7+;;;. The lowest BCUT2D eigenvalue weighted by Crippen LogP contribution is -2.07. The first-order valence-electron chi connectivity index (χ1n) is 7.01. The van der Waals surface area contributed by atoms with E-state index >= 15 is 0 Å². The molecule has 0 rings (SSSR count). The SMILES string of the molecule is C/C=C\C/C=C\C(N)=NC/C=C/OC.CC.CC.CO. The first-order chi connectivity index (χ1) is 9.81. The second-order valence-electron chi connectivity index (χ2n) is 2.58. The van der Waals surface area contributed by atoms with E-state index in [4.69, 9.17) is 15.6 Å². The smallest absolute Gasteiger partial charge is 0.118 e. The zero-order valence-electron chi connectivity index (χ0n) is 14.3. The molecule has 4 nitrogen and oxygen atoms in total. The van der Waals surface area contributed by atoms with Gasteiger partial charge in [0.05, 0.1) is 19.9 Å². The number of ether oxygens (including phenoxy) is 1. The number of nitrogens with two attached hydrogens (primary N) is 1. The van der Waals surface area contributed by atoms with Gasteiger partial charge in [-0.15, -0.1) is 0 Å². The highest BCUT2D eigenvalue weighted by atomic mass is 16.5. The molecule has 3 N–H and O–H groups in total. The molecule has 0 aromatic carbocycles. The molecule has 0 aromatic heterocycles. The summed E-state index contributed by atoms with van der Waals surface area (Å²) in [5, 5.41) is 7.00. The van der Waals surface area contributed by atoms with Crippen LogP contribution in [0.5, 0.6) is 0 Å². The lowest BCUT2D eigenvalue weighted by atomic mass is 10.3. The molecule has 0 spiro atoms. The minimum Gasteiger partial charge on any atom is -0.505 e. The van der Waals surface area contributed by atoms with Gasteiger partial charge in [-0.3, -0.25) is 4.99 Å². The van der Waals surface area contributed by atoms with E-state index in [-0.39, 0.29) is 0 Å².